The molecule has 13 heavy (non-hydrogen) atoms. The Morgan fingerprint density at radius 3 is 2.85 bits per heavy atom. The van der Waals surface area contributed by atoms with E-state index in [1.54, 1.807) is 6.07 Å². The van der Waals surface area contributed by atoms with E-state index in [0.29, 0.717) is 0 Å². The molecule has 0 N–H and O–H groups in total. The smallest absolute Gasteiger partial charge is 0.258 e. The van der Waals surface area contributed by atoms with Gasteiger partial charge in [-0.25, -0.2) is 0 Å². The van der Waals surface area contributed by atoms with Crippen LogP contribution < -0.4 is 0 Å². The minimum atomic E-state index is -0.458. The van der Waals surface area contributed by atoms with Crippen LogP contribution in [0.3, 0.4) is 0 Å². The molecule has 4 heteroatoms. The number of nitro groups is 1. The van der Waals surface area contributed by atoms with E-state index in [9.17, 15) is 10.1 Å². The van der Waals surface area contributed by atoms with Gasteiger partial charge in [-0.1, -0.05) is 6.07 Å². The topological polar surface area (TPSA) is 66.9 Å². The summed E-state index contributed by atoms with van der Waals surface area (Å²) in [6.07, 6.45) is 0.216. The molecule has 0 saturated carbocycles. The SMILES string of the molecule is Cc1ccc([N+](=O)[O-])cc1CC#N. The molecule has 1 rings (SSSR count). The summed E-state index contributed by atoms with van der Waals surface area (Å²) >= 11 is 0. The second-order valence-electron chi connectivity index (χ2n) is 2.70. The summed E-state index contributed by atoms with van der Waals surface area (Å²) in [5, 5.41) is 18.8. The highest BCUT2D eigenvalue weighted by Crippen LogP contribution is 2.17. The summed E-state index contributed by atoms with van der Waals surface area (Å²) in [7, 11) is 0. The summed E-state index contributed by atoms with van der Waals surface area (Å²) in [4.78, 5) is 9.93. The Balaban J connectivity index is 3.12. The van der Waals surface area contributed by atoms with Gasteiger partial charge in [-0.15, -0.1) is 0 Å². The molecule has 0 aliphatic heterocycles. The van der Waals surface area contributed by atoms with E-state index in [1.165, 1.54) is 12.1 Å². The second kappa shape index (κ2) is 3.68. The van der Waals surface area contributed by atoms with Gasteiger partial charge in [0.2, 0.25) is 0 Å². The Labute approximate surface area is 75.6 Å². The van der Waals surface area contributed by atoms with Crippen LogP contribution in [0, 0.1) is 28.4 Å². The van der Waals surface area contributed by atoms with Crippen molar-refractivity contribution in [3.8, 4) is 6.07 Å². The highest BCUT2D eigenvalue weighted by molar-refractivity contribution is 5.40. The molecule has 0 fully saturated rings. The molecule has 0 saturated heterocycles. The standard InChI is InChI=1S/C9H8N2O2/c1-7-2-3-9(11(12)13)6-8(7)4-5-10/h2-3,6H,4H2,1H3. The Morgan fingerprint density at radius 1 is 1.62 bits per heavy atom. The van der Waals surface area contributed by atoms with E-state index in [2.05, 4.69) is 0 Å². The van der Waals surface area contributed by atoms with Crippen LogP contribution in [0.25, 0.3) is 0 Å². The highest BCUT2D eigenvalue weighted by Gasteiger charge is 2.07. The van der Waals surface area contributed by atoms with Crippen molar-refractivity contribution in [3.05, 3.63) is 39.4 Å². The molecule has 0 aliphatic rings. The first-order chi connectivity index (χ1) is 6.15. The Kier molecular flexibility index (Phi) is 2.60. The number of aryl methyl sites for hydroxylation is 1. The Bertz CT molecular complexity index is 380. The van der Waals surface area contributed by atoms with Crippen LogP contribution in [-0.2, 0) is 6.42 Å². The van der Waals surface area contributed by atoms with Crippen LogP contribution in [0.2, 0.25) is 0 Å². The van der Waals surface area contributed by atoms with Gasteiger partial charge < -0.3 is 0 Å². The maximum absolute atomic E-state index is 10.4. The normalized spacial score (nSPS) is 9.23. The average molecular weight is 176 g/mol. The lowest BCUT2D eigenvalue weighted by Gasteiger charge is -1.99. The van der Waals surface area contributed by atoms with E-state index >= 15 is 0 Å². The zero-order chi connectivity index (χ0) is 9.84. The highest BCUT2D eigenvalue weighted by atomic mass is 16.6. The first-order valence-corrected chi connectivity index (χ1v) is 3.76. The quantitative estimate of drug-likeness (QED) is 0.511. The van der Waals surface area contributed by atoms with Crippen molar-refractivity contribution in [1.82, 2.24) is 0 Å². The monoisotopic (exact) mass is 176 g/mol. The summed E-state index contributed by atoms with van der Waals surface area (Å²) in [6.45, 7) is 1.83. The van der Waals surface area contributed by atoms with Crippen molar-refractivity contribution >= 4 is 5.69 Å². The van der Waals surface area contributed by atoms with Gasteiger partial charge >= 0.3 is 0 Å². The molecular weight excluding hydrogens is 168 g/mol. The predicted octanol–water partition coefficient (Wildman–Crippen LogP) is 1.97. The van der Waals surface area contributed by atoms with Crippen LogP contribution in [-0.4, -0.2) is 4.92 Å². The fraction of sp³-hybridized carbons (Fsp3) is 0.222. The number of non-ortho nitro benzene ring substituents is 1. The van der Waals surface area contributed by atoms with E-state index in [-0.39, 0.29) is 12.1 Å². The lowest BCUT2D eigenvalue weighted by atomic mass is 10.1. The van der Waals surface area contributed by atoms with Crippen molar-refractivity contribution in [2.75, 3.05) is 0 Å². The van der Waals surface area contributed by atoms with Gasteiger partial charge in [0.15, 0.2) is 0 Å². The Morgan fingerprint density at radius 2 is 2.31 bits per heavy atom. The van der Waals surface area contributed by atoms with Crippen LogP contribution in [0.4, 0.5) is 5.69 Å². The van der Waals surface area contributed by atoms with Crippen molar-refractivity contribution < 1.29 is 4.92 Å². The molecule has 66 valence electrons. The van der Waals surface area contributed by atoms with Crippen LogP contribution in [0.5, 0.6) is 0 Å². The molecule has 0 radical (unpaired) electrons. The molecule has 0 amide bonds. The third-order valence-electron chi connectivity index (χ3n) is 1.81. The van der Waals surface area contributed by atoms with Crippen molar-refractivity contribution in [2.45, 2.75) is 13.3 Å². The summed E-state index contributed by atoms with van der Waals surface area (Å²) in [5.41, 5.74) is 1.67. The van der Waals surface area contributed by atoms with Gasteiger partial charge in [0.05, 0.1) is 17.4 Å². The zero-order valence-electron chi connectivity index (χ0n) is 7.15. The van der Waals surface area contributed by atoms with Gasteiger partial charge in [-0.05, 0) is 18.1 Å². The van der Waals surface area contributed by atoms with Gasteiger partial charge in [-0.2, -0.15) is 5.26 Å². The number of rotatable bonds is 2. The molecular formula is C9H8N2O2. The molecule has 0 unspecified atom stereocenters. The van der Waals surface area contributed by atoms with E-state index in [4.69, 9.17) is 5.26 Å². The van der Waals surface area contributed by atoms with Crippen LogP contribution >= 0.6 is 0 Å². The first-order valence-electron chi connectivity index (χ1n) is 3.76. The fourth-order valence-corrected chi connectivity index (χ4v) is 1.05. The summed E-state index contributed by atoms with van der Waals surface area (Å²) in [5.74, 6) is 0. The minimum absolute atomic E-state index is 0.0378. The summed E-state index contributed by atoms with van der Waals surface area (Å²) in [6, 6.07) is 6.51. The maximum atomic E-state index is 10.4. The minimum Gasteiger partial charge on any atom is -0.258 e. The largest absolute Gasteiger partial charge is 0.269 e. The van der Waals surface area contributed by atoms with E-state index < -0.39 is 4.92 Å². The van der Waals surface area contributed by atoms with Crippen molar-refractivity contribution in [2.24, 2.45) is 0 Å². The molecule has 0 bridgehead atoms. The third-order valence-corrected chi connectivity index (χ3v) is 1.81. The molecule has 0 aliphatic carbocycles. The lowest BCUT2D eigenvalue weighted by molar-refractivity contribution is -0.384. The second-order valence-corrected chi connectivity index (χ2v) is 2.70. The van der Waals surface area contributed by atoms with Crippen molar-refractivity contribution in [3.63, 3.8) is 0 Å². The third kappa shape index (κ3) is 2.03. The molecule has 0 spiro atoms. The van der Waals surface area contributed by atoms with Gasteiger partial charge in [-0.3, -0.25) is 10.1 Å². The van der Waals surface area contributed by atoms with Gasteiger partial charge in [0, 0.05) is 12.1 Å². The number of nitriles is 1. The number of benzene rings is 1. The number of nitro benzene ring substituents is 1. The molecule has 0 aromatic heterocycles. The fourth-order valence-electron chi connectivity index (χ4n) is 1.05. The summed E-state index contributed by atoms with van der Waals surface area (Å²) < 4.78 is 0. The molecule has 1 aromatic rings. The molecule has 0 heterocycles. The first kappa shape index (κ1) is 9.20. The van der Waals surface area contributed by atoms with Gasteiger partial charge in [0.1, 0.15) is 0 Å². The average Bonchev–Trinajstić information content (AvgIpc) is 2.08. The number of nitrogens with zero attached hydrogens (tertiary/aromatic N) is 2. The van der Waals surface area contributed by atoms with E-state index in [0.717, 1.165) is 11.1 Å². The van der Waals surface area contributed by atoms with Crippen molar-refractivity contribution in [1.29, 1.82) is 5.26 Å². The number of hydrogen-bond acceptors (Lipinski definition) is 3. The Hall–Kier alpha value is -1.89. The van der Waals surface area contributed by atoms with E-state index in [1.807, 2.05) is 13.0 Å². The molecule has 0 atom stereocenters. The van der Waals surface area contributed by atoms with Crippen LogP contribution in [0.15, 0.2) is 18.2 Å². The predicted molar refractivity (Wildman–Crippen MR) is 47.2 cm³/mol. The zero-order valence-corrected chi connectivity index (χ0v) is 7.15. The van der Waals surface area contributed by atoms with Crippen LogP contribution in [0.1, 0.15) is 11.1 Å². The lowest BCUT2D eigenvalue weighted by Crippen LogP contribution is -1.92. The maximum Gasteiger partial charge on any atom is 0.269 e. The van der Waals surface area contributed by atoms with Gasteiger partial charge in [0.25, 0.3) is 5.69 Å². The molecule has 4 nitrogen and oxygen atoms in total. The molecule has 1 aromatic carbocycles. The number of hydrogen-bond donors (Lipinski definition) is 0.